The van der Waals surface area contributed by atoms with Gasteiger partial charge in [0.15, 0.2) is 11.7 Å². The highest BCUT2D eigenvalue weighted by molar-refractivity contribution is 7.80. The first-order chi connectivity index (χ1) is 12.3. The predicted molar refractivity (Wildman–Crippen MR) is 99.4 cm³/mol. The van der Waals surface area contributed by atoms with E-state index in [-0.39, 0.29) is 23.5 Å². The van der Waals surface area contributed by atoms with Crippen molar-refractivity contribution < 1.29 is 23.9 Å². The predicted octanol–water partition coefficient (Wildman–Crippen LogP) is 1.31. The number of rotatable bonds is 7. The molecule has 0 saturated carbocycles. The van der Waals surface area contributed by atoms with Gasteiger partial charge in [-0.15, -0.1) is 0 Å². The lowest BCUT2D eigenvalue weighted by molar-refractivity contribution is -0.124. The van der Waals surface area contributed by atoms with Crippen molar-refractivity contribution in [1.82, 2.24) is 16.2 Å². The Kier molecular flexibility index (Phi) is 9.07. The van der Waals surface area contributed by atoms with Crippen molar-refractivity contribution in [2.75, 3.05) is 13.2 Å². The maximum absolute atomic E-state index is 11.7. The van der Waals surface area contributed by atoms with Crippen molar-refractivity contribution >= 4 is 35.1 Å². The van der Waals surface area contributed by atoms with Gasteiger partial charge >= 0.3 is 5.97 Å². The second-order valence-corrected chi connectivity index (χ2v) is 6.09. The molecule has 0 aromatic heterocycles. The van der Waals surface area contributed by atoms with Gasteiger partial charge in [-0.25, -0.2) is 4.79 Å². The fourth-order valence-electron chi connectivity index (χ4n) is 1.79. The highest BCUT2D eigenvalue weighted by Gasteiger charge is 2.09. The molecular formula is C17H23N3O5S. The van der Waals surface area contributed by atoms with Crippen LogP contribution in [0.4, 0.5) is 0 Å². The molecule has 8 nitrogen and oxygen atoms in total. The van der Waals surface area contributed by atoms with Gasteiger partial charge in [0, 0.05) is 6.42 Å². The molecule has 0 spiro atoms. The summed E-state index contributed by atoms with van der Waals surface area (Å²) in [6.45, 7) is 5.57. The van der Waals surface area contributed by atoms with Gasteiger partial charge in [0.2, 0.25) is 5.91 Å². The summed E-state index contributed by atoms with van der Waals surface area (Å²) in [7, 11) is 0. The Bertz CT molecular complexity index is 646. The molecular weight excluding hydrogens is 358 g/mol. The lowest BCUT2D eigenvalue weighted by atomic mass is 10.1. The van der Waals surface area contributed by atoms with E-state index in [1.165, 1.54) is 0 Å². The Balaban J connectivity index is 2.32. The van der Waals surface area contributed by atoms with Gasteiger partial charge in [-0.3, -0.25) is 20.4 Å². The number of carbonyl (C=O) groups excluding carboxylic acids is 3. The molecule has 2 amide bonds. The number of nitrogens with one attached hydrogen (secondary N) is 3. The molecule has 0 aliphatic carbocycles. The third kappa shape index (κ3) is 8.43. The van der Waals surface area contributed by atoms with Gasteiger partial charge in [0.25, 0.3) is 5.91 Å². The Morgan fingerprint density at radius 2 is 1.73 bits per heavy atom. The molecule has 0 aliphatic heterocycles. The van der Waals surface area contributed by atoms with E-state index in [9.17, 15) is 14.4 Å². The van der Waals surface area contributed by atoms with Crippen molar-refractivity contribution in [3.8, 4) is 5.75 Å². The van der Waals surface area contributed by atoms with E-state index in [2.05, 4.69) is 16.2 Å². The van der Waals surface area contributed by atoms with Crippen molar-refractivity contribution in [3.63, 3.8) is 0 Å². The molecule has 0 atom stereocenters. The van der Waals surface area contributed by atoms with Crippen LogP contribution in [0, 0.1) is 5.92 Å². The van der Waals surface area contributed by atoms with Crippen LogP contribution in [0.2, 0.25) is 0 Å². The Labute approximate surface area is 157 Å². The van der Waals surface area contributed by atoms with Crippen molar-refractivity contribution in [1.29, 1.82) is 0 Å². The summed E-state index contributed by atoms with van der Waals surface area (Å²) in [5.41, 5.74) is 5.13. The topological polar surface area (TPSA) is 106 Å². The van der Waals surface area contributed by atoms with E-state index in [4.69, 9.17) is 21.7 Å². The minimum absolute atomic E-state index is 0.00258. The summed E-state index contributed by atoms with van der Waals surface area (Å²) in [4.78, 5) is 34.8. The van der Waals surface area contributed by atoms with Gasteiger partial charge < -0.3 is 14.8 Å². The second-order valence-electron chi connectivity index (χ2n) is 5.68. The van der Waals surface area contributed by atoms with Crippen LogP contribution >= 0.6 is 12.2 Å². The number of benzene rings is 1. The molecule has 1 rings (SSSR count). The number of hydrazine groups is 1. The largest absolute Gasteiger partial charge is 0.484 e. The molecule has 0 bridgehead atoms. The van der Waals surface area contributed by atoms with E-state index in [1.54, 1.807) is 31.2 Å². The standard InChI is InChI=1S/C17H23N3O5S/c1-4-24-16(23)12-5-7-13(8-6-12)25-10-15(22)19-20-17(26)18-14(21)9-11(2)3/h5-8,11H,4,9-10H2,1-3H3,(H,19,22)(H2,18,20,21,26). The Morgan fingerprint density at radius 3 is 2.31 bits per heavy atom. The molecule has 1 aromatic rings. The molecule has 1 aromatic carbocycles. The van der Waals surface area contributed by atoms with E-state index >= 15 is 0 Å². The number of carbonyl (C=O) groups is 3. The van der Waals surface area contributed by atoms with Crippen LogP contribution in [0.1, 0.15) is 37.6 Å². The van der Waals surface area contributed by atoms with E-state index in [1.807, 2.05) is 13.8 Å². The summed E-state index contributed by atoms with van der Waals surface area (Å²) in [6.07, 6.45) is 0.334. The van der Waals surface area contributed by atoms with Crippen LogP contribution < -0.4 is 20.9 Å². The van der Waals surface area contributed by atoms with Crippen LogP contribution in [0.15, 0.2) is 24.3 Å². The fraction of sp³-hybridized carbons (Fsp3) is 0.412. The molecule has 142 valence electrons. The first kappa shape index (κ1) is 21.4. The minimum Gasteiger partial charge on any atom is -0.484 e. The Hall–Kier alpha value is -2.68. The molecule has 0 unspecified atom stereocenters. The third-order valence-corrected chi connectivity index (χ3v) is 3.10. The van der Waals surface area contributed by atoms with E-state index in [0.29, 0.717) is 24.3 Å². The fourth-order valence-corrected chi connectivity index (χ4v) is 1.96. The molecule has 0 saturated heterocycles. The number of amides is 2. The number of esters is 1. The number of thiocarbonyl (C=S) groups is 1. The van der Waals surface area contributed by atoms with E-state index < -0.39 is 11.9 Å². The van der Waals surface area contributed by atoms with Crippen LogP contribution in [0.3, 0.4) is 0 Å². The summed E-state index contributed by atoms with van der Waals surface area (Å²) >= 11 is 4.90. The van der Waals surface area contributed by atoms with Gasteiger partial charge in [-0.05, 0) is 49.3 Å². The van der Waals surface area contributed by atoms with Crippen molar-refractivity contribution in [2.24, 2.45) is 5.92 Å². The van der Waals surface area contributed by atoms with Crippen LogP contribution in [-0.2, 0) is 14.3 Å². The molecule has 0 heterocycles. The lowest BCUT2D eigenvalue weighted by Gasteiger charge is -2.12. The SMILES string of the molecule is CCOC(=O)c1ccc(OCC(=O)NNC(=S)NC(=O)CC(C)C)cc1. The van der Waals surface area contributed by atoms with Crippen LogP contribution in [-0.4, -0.2) is 36.1 Å². The number of hydrogen-bond donors (Lipinski definition) is 3. The number of ether oxygens (including phenoxy) is 2. The monoisotopic (exact) mass is 381 g/mol. The Morgan fingerprint density at radius 1 is 1.08 bits per heavy atom. The summed E-state index contributed by atoms with van der Waals surface area (Å²) < 4.78 is 10.2. The molecule has 26 heavy (non-hydrogen) atoms. The number of hydrogen-bond acceptors (Lipinski definition) is 6. The van der Waals surface area contributed by atoms with Gasteiger partial charge in [-0.1, -0.05) is 13.8 Å². The summed E-state index contributed by atoms with van der Waals surface area (Å²) in [6, 6.07) is 6.21. The first-order valence-electron chi connectivity index (χ1n) is 8.10. The molecule has 0 radical (unpaired) electrons. The maximum atomic E-state index is 11.7. The zero-order valence-corrected chi connectivity index (χ0v) is 15.8. The normalized spacial score (nSPS) is 10.0. The quantitative estimate of drug-likeness (QED) is 0.371. The van der Waals surface area contributed by atoms with Crippen molar-refractivity contribution in [2.45, 2.75) is 27.2 Å². The molecule has 3 N–H and O–H groups in total. The summed E-state index contributed by atoms with van der Waals surface area (Å²) in [5, 5.41) is 2.45. The minimum atomic E-state index is -0.486. The van der Waals surface area contributed by atoms with Crippen molar-refractivity contribution in [3.05, 3.63) is 29.8 Å². The van der Waals surface area contributed by atoms with Crippen LogP contribution in [0.25, 0.3) is 0 Å². The lowest BCUT2D eigenvalue weighted by Crippen LogP contribution is -2.49. The zero-order chi connectivity index (χ0) is 19.5. The first-order valence-corrected chi connectivity index (χ1v) is 8.51. The molecule has 0 fully saturated rings. The van der Waals surface area contributed by atoms with Gasteiger partial charge in [0.05, 0.1) is 12.2 Å². The average molecular weight is 381 g/mol. The molecule has 9 heteroatoms. The highest BCUT2D eigenvalue weighted by Crippen LogP contribution is 2.12. The average Bonchev–Trinajstić information content (AvgIpc) is 2.58. The zero-order valence-electron chi connectivity index (χ0n) is 15.0. The highest BCUT2D eigenvalue weighted by atomic mass is 32.1. The van der Waals surface area contributed by atoms with Gasteiger partial charge in [-0.2, -0.15) is 0 Å². The van der Waals surface area contributed by atoms with E-state index in [0.717, 1.165) is 0 Å². The smallest absolute Gasteiger partial charge is 0.338 e. The summed E-state index contributed by atoms with van der Waals surface area (Å²) in [5.74, 6) is -0.518. The molecule has 0 aliphatic rings. The van der Waals surface area contributed by atoms with Crippen LogP contribution in [0.5, 0.6) is 5.75 Å². The second kappa shape index (κ2) is 11.0. The van der Waals surface area contributed by atoms with Gasteiger partial charge in [0.1, 0.15) is 5.75 Å². The third-order valence-electron chi connectivity index (χ3n) is 2.90. The maximum Gasteiger partial charge on any atom is 0.338 e.